The van der Waals surface area contributed by atoms with Gasteiger partial charge < -0.3 is 15.4 Å². The predicted molar refractivity (Wildman–Crippen MR) is 108 cm³/mol. The third-order valence-corrected chi connectivity index (χ3v) is 4.88. The molecule has 0 spiro atoms. The second-order valence-electron chi connectivity index (χ2n) is 5.99. The van der Waals surface area contributed by atoms with Gasteiger partial charge in [-0.2, -0.15) is 4.98 Å². The van der Waals surface area contributed by atoms with E-state index in [-0.39, 0.29) is 4.90 Å². The van der Waals surface area contributed by atoms with Crippen LogP contribution in [-0.2, 0) is 16.4 Å². The maximum Gasteiger partial charge on any atom is 0.238 e. The average Bonchev–Trinajstić information content (AvgIpc) is 2.68. The molecular weight excluding hydrogens is 378 g/mol. The Kier molecular flexibility index (Phi) is 6.07. The lowest BCUT2D eigenvalue weighted by atomic mass is 10.1. The van der Waals surface area contributed by atoms with Crippen molar-refractivity contribution in [1.29, 1.82) is 0 Å². The Morgan fingerprint density at radius 2 is 1.89 bits per heavy atom. The fourth-order valence-corrected chi connectivity index (χ4v) is 3.04. The van der Waals surface area contributed by atoms with Crippen molar-refractivity contribution in [2.45, 2.75) is 11.3 Å². The van der Waals surface area contributed by atoms with E-state index in [1.165, 1.54) is 12.1 Å². The Balaban J connectivity index is 1.57. The van der Waals surface area contributed by atoms with Crippen molar-refractivity contribution in [3.05, 3.63) is 66.4 Å². The van der Waals surface area contributed by atoms with Crippen molar-refractivity contribution in [2.24, 2.45) is 5.14 Å². The molecule has 0 aliphatic heterocycles. The van der Waals surface area contributed by atoms with E-state index in [0.717, 1.165) is 17.0 Å². The first kappa shape index (κ1) is 19.6. The van der Waals surface area contributed by atoms with Crippen molar-refractivity contribution in [3.8, 4) is 5.75 Å². The van der Waals surface area contributed by atoms with Crippen LogP contribution in [0.15, 0.2) is 65.7 Å². The van der Waals surface area contributed by atoms with Crippen molar-refractivity contribution in [1.82, 2.24) is 9.97 Å². The van der Waals surface area contributed by atoms with Crippen molar-refractivity contribution >= 4 is 27.5 Å². The Bertz CT molecular complexity index is 1040. The SMILES string of the molecule is COc1cccc(Nc2ccnc(NCCc3ccc(S(N)(=O)=O)cc3)n2)c1. The number of aromatic nitrogens is 2. The number of hydrogen-bond donors (Lipinski definition) is 3. The van der Waals surface area contributed by atoms with Crippen LogP contribution < -0.4 is 20.5 Å². The smallest absolute Gasteiger partial charge is 0.238 e. The number of ether oxygens (including phenoxy) is 1. The quantitative estimate of drug-likeness (QED) is 0.532. The minimum atomic E-state index is -3.67. The summed E-state index contributed by atoms with van der Waals surface area (Å²) in [6, 6.07) is 15.8. The number of sulfonamides is 1. The molecule has 0 saturated carbocycles. The lowest BCUT2D eigenvalue weighted by Gasteiger charge is -2.09. The monoisotopic (exact) mass is 399 g/mol. The van der Waals surface area contributed by atoms with Crippen LogP contribution in [0.25, 0.3) is 0 Å². The normalized spacial score (nSPS) is 11.1. The maximum atomic E-state index is 11.3. The molecule has 0 fully saturated rings. The van der Waals surface area contributed by atoms with Gasteiger partial charge in [0, 0.05) is 24.5 Å². The van der Waals surface area contributed by atoms with E-state index in [4.69, 9.17) is 9.88 Å². The summed E-state index contributed by atoms with van der Waals surface area (Å²) < 4.78 is 27.8. The molecule has 0 unspecified atom stereocenters. The van der Waals surface area contributed by atoms with Crippen LogP contribution >= 0.6 is 0 Å². The minimum Gasteiger partial charge on any atom is -0.497 e. The van der Waals surface area contributed by atoms with E-state index in [1.54, 1.807) is 31.5 Å². The van der Waals surface area contributed by atoms with Gasteiger partial charge in [-0.05, 0) is 42.3 Å². The summed E-state index contributed by atoms with van der Waals surface area (Å²) in [5.41, 5.74) is 1.84. The molecule has 8 nitrogen and oxygen atoms in total. The van der Waals surface area contributed by atoms with Crippen molar-refractivity contribution in [3.63, 3.8) is 0 Å². The van der Waals surface area contributed by atoms with Crippen LogP contribution in [0.3, 0.4) is 0 Å². The Labute approximate surface area is 163 Å². The number of methoxy groups -OCH3 is 1. The molecule has 146 valence electrons. The Hall–Kier alpha value is -3.17. The molecule has 1 aromatic heterocycles. The van der Waals surface area contributed by atoms with Crippen LogP contribution in [-0.4, -0.2) is 32.0 Å². The molecule has 3 rings (SSSR count). The van der Waals surface area contributed by atoms with Crippen LogP contribution in [0.2, 0.25) is 0 Å². The zero-order valence-corrected chi connectivity index (χ0v) is 16.1. The number of nitrogens with one attached hydrogen (secondary N) is 2. The highest BCUT2D eigenvalue weighted by molar-refractivity contribution is 7.89. The van der Waals surface area contributed by atoms with Gasteiger partial charge >= 0.3 is 0 Å². The third kappa shape index (κ3) is 5.41. The molecule has 2 aromatic carbocycles. The fourth-order valence-electron chi connectivity index (χ4n) is 2.53. The number of rotatable bonds is 8. The van der Waals surface area contributed by atoms with E-state index in [9.17, 15) is 8.42 Å². The Morgan fingerprint density at radius 1 is 1.11 bits per heavy atom. The number of nitrogens with zero attached hydrogens (tertiary/aromatic N) is 2. The summed E-state index contributed by atoms with van der Waals surface area (Å²) in [6.45, 7) is 0.595. The van der Waals surface area contributed by atoms with Crippen LogP contribution in [0.4, 0.5) is 17.5 Å². The lowest BCUT2D eigenvalue weighted by Crippen LogP contribution is -2.12. The van der Waals surface area contributed by atoms with E-state index in [2.05, 4.69) is 20.6 Å². The standard InChI is InChI=1S/C19H21N5O3S/c1-27-16-4-2-3-15(13-16)23-18-10-12-22-19(24-18)21-11-9-14-5-7-17(8-6-14)28(20,25)26/h2-8,10,12-13H,9,11H2,1H3,(H2,20,25,26)(H2,21,22,23,24). The lowest BCUT2D eigenvalue weighted by molar-refractivity contribution is 0.415. The van der Waals surface area contributed by atoms with Gasteiger partial charge in [-0.3, -0.25) is 0 Å². The Morgan fingerprint density at radius 3 is 2.61 bits per heavy atom. The number of benzene rings is 2. The van der Waals surface area contributed by atoms with E-state index in [1.807, 2.05) is 24.3 Å². The van der Waals surface area contributed by atoms with Crippen LogP contribution in [0.1, 0.15) is 5.56 Å². The molecule has 1 heterocycles. The topological polar surface area (TPSA) is 119 Å². The van der Waals surface area contributed by atoms with Gasteiger partial charge in [-0.25, -0.2) is 18.5 Å². The summed E-state index contributed by atoms with van der Waals surface area (Å²) in [7, 11) is -2.05. The second-order valence-corrected chi connectivity index (χ2v) is 7.55. The molecule has 0 saturated heterocycles. The summed E-state index contributed by atoms with van der Waals surface area (Å²) >= 11 is 0. The number of hydrogen-bond acceptors (Lipinski definition) is 7. The largest absolute Gasteiger partial charge is 0.497 e. The summed E-state index contributed by atoms with van der Waals surface area (Å²) in [6.07, 6.45) is 2.35. The van der Waals surface area contributed by atoms with E-state index >= 15 is 0 Å². The molecule has 3 aromatic rings. The number of nitrogens with two attached hydrogens (primary N) is 1. The first-order valence-electron chi connectivity index (χ1n) is 8.54. The molecule has 0 atom stereocenters. The van der Waals surface area contributed by atoms with Crippen LogP contribution in [0.5, 0.6) is 5.75 Å². The molecule has 0 bridgehead atoms. The third-order valence-electron chi connectivity index (χ3n) is 3.95. The zero-order chi connectivity index (χ0) is 20.0. The highest BCUT2D eigenvalue weighted by atomic mass is 32.2. The summed E-state index contributed by atoms with van der Waals surface area (Å²) in [4.78, 5) is 8.74. The average molecular weight is 399 g/mol. The van der Waals surface area contributed by atoms with E-state index in [0.29, 0.717) is 24.7 Å². The van der Waals surface area contributed by atoms with Gasteiger partial charge in [0.1, 0.15) is 11.6 Å². The molecule has 0 aliphatic carbocycles. The summed E-state index contributed by atoms with van der Waals surface area (Å²) in [5.74, 6) is 1.91. The van der Waals surface area contributed by atoms with Gasteiger partial charge in [-0.1, -0.05) is 18.2 Å². The maximum absolute atomic E-state index is 11.3. The van der Waals surface area contributed by atoms with Gasteiger partial charge in [0.05, 0.1) is 12.0 Å². The minimum absolute atomic E-state index is 0.101. The van der Waals surface area contributed by atoms with Gasteiger partial charge in [0.2, 0.25) is 16.0 Å². The van der Waals surface area contributed by atoms with Gasteiger partial charge in [0.25, 0.3) is 0 Å². The molecule has 28 heavy (non-hydrogen) atoms. The summed E-state index contributed by atoms with van der Waals surface area (Å²) in [5, 5.41) is 11.5. The molecule has 0 radical (unpaired) electrons. The van der Waals surface area contributed by atoms with Crippen molar-refractivity contribution in [2.75, 3.05) is 24.3 Å². The first-order valence-corrected chi connectivity index (χ1v) is 10.1. The molecule has 0 aliphatic rings. The van der Waals surface area contributed by atoms with E-state index < -0.39 is 10.0 Å². The zero-order valence-electron chi connectivity index (χ0n) is 15.3. The predicted octanol–water partition coefficient (Wildman–Crippen LogP) is 2.53. The van der Waals surface area contributed by atoms with Gasteiger partial charge in [-0.15, -0.1) is 0 Å². The van der Waals surface area contributed by atoms with Crippen LogP contribution in [0, 0.1) is 0 Å². The highest BCUT2D eigenvalue weighted by Crippen LogP contribution is 2.20. The fraction of sp³-hybridized carbons (Fsp3) is 0.158. The first-order chi connectivity index (χ1) is 13.4. The number of primary sulfonamides is 1. The number of anilines is 3. The molecular formula is C19H21N5O3S. The second kappa shape index (κ2) is 8.68. The molecule has 0 amide bonds. The molecule has 4 N–H and O–H groups in total. The highest BCUT2D eigenvalue weighted by Gasteiger charge is 2.07. The van der Waals surface area contributed by atoms with Gasteiger partial charge in [0.15, 0.2) is 0 Å². The molecule has 9 heteroatoms. The van der Waals surface area contributed by atoms with Crippen molar-refractivity contribution < 1.29 is 13.2 Å².